The van der Waals surface area contributed by atoms with E-state index in [0.717, 1.165) is 17.4 Å². The van der Waals surface area contributed by atoms with Crippen LogP contribution in [-0.2, 0) is 14.4 Å². The molecule has 242 valence electrons. The van der Waals surface area contributed by atoms with Crippen LogP contribution in [0.1, 0.15) is 34.3 Å². The number of para-hydroxylation sites is 1. The topological polar surface area (TPSA) is 118 Å². The van der Waals surface area contributed by atoms with Gasteiger partial charge >= 0.3 is 0 Å². The number of hydrogen-bond acceptors (Lipinski definition) is 6. The molecule has 1 atom stereocenters. The van der Waals surface area contributed by atoms with Crippen molar-refractivity contribution in [3.05, 3.63) is 65.4 Å². The lowest BCUT2D eigenvalue weighted by Crippen LogP contribution is -3.00. The van der Waals surface area contributed by atoms with E-state index in [1.807, 2.05) is 0 Å². The van der Waals surface area contributed by atoms with Gasteiger partial charge in [-0.3, -0.25) is 24.2 Å². The van der Waals surface area contributed by atoms with Gasteiger partial charge in [0.15, 0.2) is 0 Å². The number of rotatable bonds is 11. The maximum atomic E-state index is 14.4. The zero-order valence-electron chi connectivity index (χ0n) is 26.0. The zero-order chi connectivity index (χ0) is 32.2. The fourth-order valence-electron chi connectivity index (χ4n) is 5.15. The normalized spacial score (nSPS) is 15.7. The summed E-state index contributed by atoms with van der Waals surface area (Å²) in [5, 5.41) is 5.46. The molecule has 45 heavy (non-hydrogen) atoms. The largest absolute Gasteiger partial charge is 1.00 e. The first-order chi connectivity index (χ1) is 20.6. The van der Waals surface area contributed by atoms with Crippen molar-refractivity contribution in [3.8, 4) is 5.75 Å². The van der Waals surface area contributed by atoms with E-state index in [-0.39, 0.29) is 29.5 Å². The van der Waals surface area contributed by atoms with E-state index >= 15 is 0 Å². The number of carbonyl (C=O) groups excluding carboxylic acids is 4. The van der Waals surface area contributed by atoms with Crippen LogP contribution in [0.4, 0.5) is 14.5 Å². The first kappa shape index (κ1) is 35.8. The average molecular weight is 738 g/mol. The van der Waals surface area contributed by atoms with Gasteiger partial charge < -0.3 is 48.7 Å². The van der Waals surface area contributed by atoms with E-state index in [1.54, 1.807) is 50.2 Å². The third kappa shape index (κ3) is 9.16. The number of ketones is 1. The van der Waals surface area contributed by atoms with Crippen LogP contribution in [0.3, 0.4) is 0 Å². The van der Waals surface area contributed by atoms with E-state index in [0.29, 0.717) is 45.0 Å². The van der Waals surface area contributed by atoms with Crippen LogP contribution in [0.2, 0.25) is 0 Å². The minimum Gasteiger partial charge on any atom is -1.00 e. The van der Waals surface area contributed by atoms with Gasteiger partial charge in [0.05, 0.1) is 58.5 Å². The predicted octanol–water partition coefficient (Wildman–Crippen LogP) is 0.505. The number of carbonyl (C=O) groups is 4. The Morgan fingerprint density at radius 3 is 2.42 bits per heavy atom. The quantitative estimate of drug-likeness (QED) is 0.128. The van der Waals surface area contributed by atoms with E-state index in [4.69, 9.17) is 4.74 Å². The molecule has 1 saturated heterocycles. The summed E-state index contributed by atoms with van der Waals surface area (Å²) in [6, 6.07) is 10.2. The molecule has 0 aliphatic carbocycles. The van der Waals surface area contributed by atoms with Crippen molar-refractivity contribution in [2.45, 2.75) is 38.7 Å². The van der Waals surface area contributed by atoms with Gasteiger partial charge in [0, 0.05) is 30.1 Å². The monoisotopic (exact) mass is 737 g/mol. The Labute approximate surface area is 278 Å². The summed E-state index contributed by atoms with van der Waals surface area (Å²) in [4.78, 5) is 57.0. The van der Waals surface area contributed by atoms with E-state index < -0.39 is 55.0 Å². The molecule has 1 aliphatic heterocycles. The summed E-state index contributed by atoms with van der Waals surface area (Å²) >= 11 is 0. The lowest BCUT2D eigenvalue weighted by atomic mass is 10.1. The molecule has 3 aromatic rings. The molecule has 1 aromatic heterocycles. The molecular formula is C32H38F2IN5O5. The molecule has 3 amide bonds. The number of pyridine rings is 1. The first-order valence-corrected chi connectivity index (χ1v) is 14.3. The van der Waals surface area contributed by atoms with Crippen LogP contribution in [0.5, 0.6) is 5.75 Å². The summed E-state index contributed by atoms with van der Waals surface area (Å²) in [6.45, 7) is 3.19. The molecule has 2 aromatic carbocycles. The maximum Gasteiger partial charge on any atom is 0.294 e. The number of anilines is 1. The summed E-state index contributed by atoms with van der Waals surface area (Å²) in [5.74, 6) is -6.60. The molecule has 1 fully saturated rings. The molecule has 4 rings (SSSR count). The first-order valence-electron chi connectivity index (χ1n) is 14.3. The highest BCUT2D eigenvalue weighted by Crippen LogP contribution is 2.33. The van der Waals surface area contributed by atoms with Crippen LogP contribution in [0.15, 0.2) is 48.7 Å². The van der Waals surface area contributed by atoms with Crippen LogP contribution in [-0.4, -0.2) is 97.2 Å². The second kappa shape index (κ2) is 14.6. The smallest absolute Gasteiger partial charge is 0.294 e. The fourth-order valence-corrected chi connectivity index (χ4v) is 5.15. The van der Waals surface area contributed by atoms with Gasteiger partial charge in [-0.15, -0.1) is 0 Å². The number of likely N-dealkylation sites (tertiary alicyclic amines) is 1. The number of amides is 3. The van der Waals surface area contributed by atoms with Gasteiger partial charge in [-0.25, -0.2) is 8.78 Å². The number of Topliss-reactive ketones (excluding diaryl/α,β-unsaturated/α-hetero) is 1. The number of quaternary nitrogens is 1. The second-order valence-electron chi connectivity index (χ2n) is 12.1. The lowest BCUT2D eigenvalue weighted by molar-refractivity contribution is -0.870. The Balaban J connectivity index is 0.00000552. The van der Waals surface area contributed by atoms with Crippen molar-refractivity contribution in [1.82, 2.24) is 15.2 Å². The van der Waals surface area contributed by atoms with Crippen molar-refractivity contribution in [3.63, 3.8) is 0 Å². The number of fused-ring (bicyclic) bond motifs is 1. The Kier molecular flexibility index (Phi) is 11.6. The third-order valence-corrected chi connectivity index (χ3v) is 7.44. The number of nitrogens with zero attached hydrogens (tertiary/aromatic N) is 3. The molecule has 0 unspecified atom stereocenters. The van der Waals surface area contributed by atoms with E-state index in [9.17, 15) is 28.0 Å². The van der Waals surface area contributed by atoms with Crippen molar-refractivity contribution >= 4 is 40.1 Å². The SMILES string of the molecule is Cc1cccc(C)c1NC(=O)C(=O)[C@@H]1CC(F)(F)CN1C(=O)CNC(=O)c1ccnc2ccc(OCCC[N+](C)(C)C)cc12.[I-]. The standard InChI is InChI=1S/C32H37F2N5O5.HI/c1-20-8-6-9-21(2)28(20)37-31(43)29(41)26-17-32(33,34)19-38(26)27(40)18-36-30(42)23-12-13-35-25-11-10-22(16-24(23)25)44-15-7-14-39(3,4)5;/h6,8-13,16,26H,7,14-15,17-19H2,1-5H3,(H-,36,37,42,43);1H/t26-;/m0./s1. The summed E-state index contributed by atoms with van der Waals surface area (Å²) in [7, 11) is 6.28. The van der Waals surface area contributed by atoms with Gasteiger partial charge in [0.2, 0.25) is 11.7 Å². The van der Waals surface area contributed by atoms with Crippen molar-refractivity contribution in [2.75, 3.05) is 52.7 Å². The second-order valence-corrected chi connectivity index (χ2v) is 12.1. The van der Waals surface area contributed by atoms with Crippen molar-refractivity contribution < 1.29 is 61.2 Å². The van der Waals surface area contributed by atoms with Gasteiger partial charge in [-0.2, -0.15) is 0 Å². The zero-order valence-corrected chi connectivity index (χ0v) is 28.1. The fraction of sp³-hybridized carbons (Fsp3) is 0.406. The molecule has 0 spiro atoms. The number of aryl methyl sites for hydroxylation is 2. The highest BCUT2D eigenvalue weighted by Gasteiger charge is 2.51. The van der Waals surface area contributed by atoms with Crippen LogP contribution in [0.25, 0.3) is 10.9 Å². The number of alkyl halides is 2. The minimum atomic E-state index is -3.37. The number of halogens is 3. The van der Waals surface area contributed by atoms with E-state index in [2.05, 4.69) is 36.8 Å². The average Bonchev–Trinajstić information content (AvgIpc) is 3.29. The Morgan fingerprint density at radius 1 is 1.07 bits per heavy atom. The number of nitrogens with one attached hydrogen (secondary N) is 2. The predicted molar refractivity (Wildman–Crippen MR) is 162 cm³/mol. The van der Waals surface area contributed by atoms with Crippen LogP contribution >= 0.6 is 0 Å². The van der Waals surface area contributed by atoms with Gasteiger partial charge in [-0.1, -0.05) is 18.2 Å². The number of benzene rings is 2. The maximum absolute atomic E-state index is 14.4. The van der Waals surface area contributed by atoms with Crippen LogP contribution < -0.4 is 39.3 Å². The van der Waals surface area contributed by atoms with Crippen LogP contribution in [0, 0.1) is 13.8 Å². The Hall–Kier alpha value is -3.72. The highest BCUT2D eigenvalue weighted by molar-refractivity contribution is 6.42. The molecular weight excluding hydrogens is 699 g/mol. The minimum absolute atomic E-state index is 0. The third-order valence-electron chi connectivity index (χ3n) is 7.44. The Bertz CT molecular complexity index is 1570. The number of aromatic nitrogens is 1. The molecule has 0 bridgehead atoms. The molecule has 2 heterocycles. The van der Waals surface area contributed by atoms with E-state index in [1.165, 1.54) is 12.3 Å². The summed E-state index contributed by atoms with van der Waals surface area (Å²) in [6.07, 6.45) is 1.29. The molecule has 0 saturated carbocycles. The molecule has 2 N–H and O–H groups in total. The van der Waals surface area contributed by atoms with Gasteiger partial charge in [0.25, 0.3) is 17.7 Å². The molecule has 0 radical (unpaired) electrons. The molecule has 10 nitrogen and oxygen atoms in total. The molecule has 13 heteroatoms. The highest BCUT2D eigenvalue weighted by atomic mass is 127. The van der Waals surface area contributed by atoms with Gasteiger partial charge in [-0.05, 0) is 49.2 Å². The summed E-state index contributed by atoms with van der Waals surface area (Å²) in [5.41, 5.74) is 2.54. The van der Waals surface area contributed by atoms with Gasteiger partial charge in [0.1, 0.15) is 11.8 Å². The Morgan fingerprint density at radius 2 is 1.76 bits per heavy atom. The van der Waals surface area contributed by atoms with Crippen molar-refractivity contribution in [1.29, 1.82) is 0 Å². The van der Waals surface area contributed by atoms with Crippen molar-refractivity contribution in [2.24, 2.45) is 0 Å². The number of hydrogen-bond donors (Lipinski definition) is 2. The lowest BCUT2D eigenvalue weighted by Gasteiger charge is -2.23. The summed E-state index contributed by atoms with van der Waals surface area (Å²) < 4.78 is 35.6. The number of ether oxygens (including phenoxy) is 1. The molecule has 1 aliphatic rings.